The Morgan fingerprint density at radius 1 is 1.42 bits per heavy atom. The average molecular weight is 280 g/mol. The number of carbonyl (C=O) groups excluding carboxylic acids is 1. The summed E-state index contributed by atoms with van der Waals surface area (Å²) in [7, 11) is 0. The van der Waals surface area contributed by atoms with E-state index in [2.05, 4.69) is 15.3 Å². The maximum Gasteiger partial charge on any atom is 0.319 e. The van der Waals surface area contributed by atoms with Gasteiger partial charge in [0.05, 0.1) is 6.61 Å². The molecule has 0 atom stereocenters. The number of hydrogen-bond acceptors (Lipinski definition) is 6. The van der Waals surface area contributed by atoms with E-state index in [9.17, 15) is 4.79 Å². The lowest BCUT2D eigenvalue weighted by atomic mass is 9.69. The van der Waals surface area contributed by atoms with E-state index < -0.39 is 5.41 Å². The van der Waals surface area contributed by atoms with E-state index in [1.54, 1.807) is 4.52 Å². The Kier molecular flexibility index (Phi) is 3.00. The normalized spacial score (nSPS) is 17.4. The number of rotatable bonds is 4. The lowest BCUT2D eigenvalue weighted by Crippen LogP contribution is -2.43. The number of aromatic nitrogens is 4. The predicted octanol–water partition coefficient (Wildman–Crippen LogP) is 1.73. The molecule has 2 aromatic rings. The van der Waals surface area contributed by atoms with Crippen molar-refractivity contribution in [1.82, 2.24) is 19.8 Å². The molecule has 0 aliphatic heterocycles. The zero-order valence-corrected chi connectivity index (χ0v) is 11.9. The predicted molar refractivity (Wildman–Crippen MR) is 70.2 cm³/mol. The number of carbonyl (C=O) groups is 1. The molecule has 0 aromatic carbocycles. The van der Waals surface area contributed by atoms with E-state index in [-0.39, 0.29) is 5.97 Å². The lowest BCUT2D eigenvalue weighted by molar-refractivity contribution is -0.153. The van der Waals surface area contributed by atoms with Gasteiger partial charge in [0.15, 0.2) is 5.82 Å². The second kappa shape index (κ2) is 4.56. The molecule has 6 nitrogen and oxygen atoms in total. The average Bonchev–Trinajstić information content (AvgIpc) is 2.87. The van der Waals surface area contributed by atoms with Crippen molar-refractivity contribution in [2.24, 2.45) is 0 Å². The van der Waals surface area contributed by atoms with Gasteiger partial charge in [0, 0.05) is 6.42 Å². The molecule has 1 saturated carbocycles. The maximum absolute atomic E-state index is 12.2. The minimum atomic E-state index is -0.535. The molecule has 1 aliphatic rings. The minimum absolute atomic E-state index is 0.149. The first-order valence-electron chi connectivity index (χ1n) is 6.60. The van der Waals surface area contributed by atoms with Crippen LogP contribution in [0.5, 0.6) is 0 Å². The van der Waals surface area contributed by atoms with E-state index in [4.69, 9.17) is 4.74 Å². The molecule has 1 fully saturated rings. The van der Waals surface area contributed by atoms with Gasteiger partial charge in [-0.15, -0.1) is 10.2 Å². The van der Waals surface area contributed by atoms with Crippen LogP contribution in [0.25, 0.3) is 4.96 Å². The third kappa shape index (κ3) is 1.75. The molecule has 0 radical (unpaired) electrons. The van der Waals surface area contributed by atoms with Crippen molar-refractivity contribution >= 4 is 22.3 Å². The highest BCUT2D eigenvalue weighted by atomic mass is 32.1. The Hall–Kier alpha value is -1.50. The monoisotopic (exact) mass is 280 g/mol. The summed E-state index contributed by atoms with van der Waals surface area (Å²) in [6.45, 7) is 4.25. The van der Waals surface area contributed by atoms with Gasteiger partial charge in [-0.3, -0.25) is 4.79 Å². The molecule has 0 saturated heterocycles. The van der Waals surface area contributed by atoms with Crippen molar-refractivity contribution in [3.8, 4) is 0 Å². The van der Waals surface area contributed by atoms with Gasteiger partial charge in [0.2, 0.25) is 4.96 Å². The van der Waals surface area contributed by atoms with Crippen molar-refractivity contribution in [3.05, 3.63) is 10.8 Å². The highest BCUT2D eigenvalue weighted by molar-refractivity contribution is 7.17. The van der Waals surface area contributed by atoms with Crippen LogP contribution in [-0.4, -0.2) is 32.4 Å². The molecule has 0 N–H and O–H groups in total. The van der Waals surface area contributed by atoms with Crippen LogP contribution in [0.1, 0.15) is 43.9 Å². The van der Waals surface area contributed by atoms with Crippen LogP contribution in [-0.2, 0) is 21.4 Å². The van der Waals surface area contributed by atoms with Crippen LogP contribution in [0.3, 0.4) is 0 Å². The summed E-state index contributed by atoms with van der Waals surface area (Å²) in [4.78, 5) is 13.0. The number of esters is 1. The molecule has 19 heavy (non-hydrogen) atoms. The number of ether oxygens (including phenoxy) is 1. The maximum atomic E-state index is 12.2. The summed E-state index contributed by atoms with van der Waals surface area (Å²) in [5.74, 6) is 0.681. The fourth-order valence-corrected chi connectivity index (χ4v) is 3.47. The van der Waals surface area contributed by atoms with Crippen LogP contribution in [0, 0.1) is 0 Å². The molecule has 2 heterocycles. The first-order chi connectivity index (χ1) is 9.21. The molecule has 3 rings (SSSR count). The fraction of sp³-hybridized carbons (Fsp3) is 0.667. The van der Waals surface area contributed by atoms with Gasteiger partial charge in [0.25, 0.3) is 0 Å². The summed E-state index contributed by atoms with van der Waals surface area (Å²) in [6, 6.07) is 0. The zero-order valence-electron chi connectivity index (χ0n) is 11.0. The Morgan fingerprint density at radius 3 is 2.79 bits per heavy atom. The molecule has 0 amide bonds. The van der Waals surface area contributed by atoms with Gasteiger partial charge in [-0.1, -0.05) is 24.7 Å². The quantitative estimate of drug-likeness (QED) is 0.798. The molecule has 0 bridgehead atoms. The first kappa shape index (κ1) is 12.5. The van der Waals surface area contributed by atoms with Gasteiger partial charge in [0.1, 0.15) is 10.4 Å². The molecular weight excluding hydrogens is 264 g/mol. The fourth-order valence-electron chi connectivity index (χ4n) is 2.38. The van der Waals surface area contributed by atoms with Gasteiger partial charge in [-0.05, 0) is 19.8 Å². The second-order valence-electron chi connectivity index (χ2n) is 4.73. The van der Waals surface area contributed by atoms with Crippen LogP contribution >= 0.6 is 11.3 Å². The van der Waals surface area contributed by atoms with Crippen LogP contribution in [0.15, 0.2) is 0 Å². The van der Waals surface area contributed by atoms with E-state index in [0.29, 0.717) is 6.61 Å². The van der Waals surface area contributed by atoms with Crippen molar-refractivity contribution in [2.75, 3.05) is 6.61 Å². The number of fused-ring (bicyclic) bond motifs is 1. The Morgan fingerprint density at radius 2 is 2.21 bits per heavy atom. The van der Waals surface area contributed by atoms with E-state index in [1.165, 1.54) is 11.3 Å². The third-order valence-electron chi connectivity index (χ3n) is 3.65. The summed E-state index contributed by atoms with van der Waals surface area (Å²) in [5.41, 5.74) is -0.535. The van der Waals surface area contributed by atoms with Gasteiger partial charge < -0.3 is 4.74 Å². The highest BCUT2D eigenvalue weighted by Crippen LogP contribution is 2.46. The molecule has 0 unspecified atom stereocenters. The Balaban J connectivity index is 2.02. The van der Waals surface area contributed by atoms with E-state index in [1.807, 2.05) is 13.8 Å². The zero-order chi connectivity index (χ0) is 13.5. The third-order valence-corrected chi connectivity index (χ3v) is 4.76. The summed E-state index contributed by atoms with van der Waals surface area (Å²) in [6.07, 6.45) is 3.45. The van der Waals surface area contributed by atoms with Crippen LogP contribution < -0.4 is 0 Å². The van der Waals surface area contributed by atoms with Crippen molar-refractivity contribution in [2.45, 2.75) is 44.9 Å². The van der Waals surface area contributed by atoms with Crippen LogP contribution in [0.2, 0.25) is 0 Å². The van der Waals surface area contributed by atoms with E-state index >= 15 is 0 Å². The Labute approximate surface area is 114 Å². The Bertz CT molecular complexity index is 614. The summed E-state index contributed by atoms with van der Waals surface area (Å²) >= 11 is 1.45. The largest absolute Gasteiger partial charge is 0.465 e. The number of nitrogens with zero attached hydrogens (tertiary/aromatic N) is 4. The topological polar surface area (TPSA) is 69.4 Å². The van der Waals surface area contributed by atoms with Crippen molar-refractivity contribution in [1.29, 1.82) is 0 Å². The molecule has 1 aliphatic carbocycles. The second-order valence-corrected chi connectivity index (χ2v) is 5.68. The molecule has 102 valence electrons. The molecule has 0 spiro atoms. The number of hydrogen-bond donors (Lipinski definition) is 0. The highest BCUT2D eigenvalue weighted by Gasteiger charge is 2.50. The smallest absolute Gasteiger partial charge is 0.319 e. The van der Waals surface area contributed by atoms with Gasteiger partial charge in [-0.25, -0.2) is 0 Å². The van der Waals surface area contributed by atoms with Crippen LogP contribution in [0.4, 0.5) is 0 Å². The van der Waals surface area contributed by atoms with Gasteiger partial charge >= 0.3 is 5.97 Å². The van der Waals surface area contributed by atoms with Crippen molar-refractivity contribution < 1.29 is 9.53 Å². The SMILES string of the molecule is CCOC(=O)C1(c2nn3c(CC)nnc3s2)CCC1. The van der Waals surface area contributed by atoms with E-state index in [0.717, 1.165) is 41.5 Å². The summed E-state index contributed by atoms with van der Waals surface area (Å²) in [5, 5.41) is 13.5. The molecule has 2 aromatic heterocycles. The van der Waals surface area contributed by atoms with Gasteiger partial charge in [-0.2, -0.15) is 9.61 Å². The van der Waals surface area contributed by atoms with Crippen molar-refractivity contribution in [3.63, 3.8) is 0 Å². The lowest BCUT2D eigenvalue weighted by Gasteiger charge is -2.36. The molecule has 7 heteroatoms. The number of aryl methyl sites for hydroxylation is 1. The first-order valence-corrected chi connectivity index (χ1v) is 7.41. The standard InChI is InChI=1S/C12H16N4O2S/c1-3-8-13-14-11-16(8)15-9(19-11)12(6-5-7-12)10(17)18-4-2/h3-7H2,1-2H3. The minimum Gasteiger partial charge on any atom is -0.465 e. The summed E-state index contributed by atoms with van der Waals surface area (Å²) < 4.78 is 6.96. The molecular formula is C12H16N4O2S.